The number of halogens is 1. The minimum Gasteiger partial charge on any atom is -0.488 e. The predicted octanol–water partition coefficient (Wildman–Crippen LogP) is 3.31. The molecule has 0 amide bonds. The second-order valence-electron chi connectivity index (χ2n) is 5.42. The van der Waals surface area contributed by atoms with Gasteiger partial charge in [0.15, 0.2) is 11.6 Å². The van der Waals surface area contributed by atoms with Gasteiger partial charge < -0.3 is 9.47 Å². The van der Waals surface area contributed by atoms with Crippen molar-refractivity contribution in [1.82, 2.24) is 9.78 Å². The van der Waals surface area contributed by atoms with Gasteiger partial charge >= 0.3 is 0 Å². The van der Waals surface area contributed by atoms with E-state index in [1.165, 1.54) is 31.4 Å². The van der Waals surface area contributed by atoms with Crippen LogP contribution in [0.15, 0.2) is 36.4 Å². The van der Waals surface area contributed by atoms with Crippen LogP contribution in [0.25, 0.3) is 22.2 Å². The van der Waals surface area contributed by atoms with Gasteiger partial charge in [0.05, 0.1) is 17.0 Å². The molecule has 25 heavy (non-hydrogen) atoms. The van der Waals surface area contributed by atoms with E-state index in [-0.39, 0.29) is 18.0 Å². The van der Waals surface area contributed by atoms with Gasteiger partial charge in [-0.05, 0) is 24.3 Å². The summed E-state index contributed by atoms with van der Waals surface area (Å²) < 4.78 is 25.8. The zero-order chi connectivity index (χ0) is 18.0. The van der Waals surface area contributed by atoms with E-state index in [9.17, 15) is 14.5 Å². The molecule has 0 spiro atoms. The van der Waals surface area contributed by atoms with E-state index < -0.39 is 10.7 Å². The van der Waals surface area contributed by atoms with Gasteiger partial charge in [-0.25, -0.2) is 4.39 Å². The summed E-state index contributed by atoms with van der Waals surface area (Å²) in [7, 11) is 3.28. The monoisotopic (exact) mass is 345 g/mol. The topological polar surface area (TPSA) is 79.4 Å². The van der Waals surface area contributed by atoms with E-state index in [2.05, 4.69) is 5.10 Å². The second kappa shape index (κ2) is 6.86. The van der Waals surface area contributed by atoms with Crippen LogP contribution >= 0.6 is 0 Å². The molecule has 0 saturated heterocycles. The molecule has 3 aromatic rings. The Kier molecular flexibility index (Phi) is 4.62. The van der Waals surface area contributed by atoms with Crippen molar-refractivity contribution in [3.05, 3.63) is 52.3 Å². The van der Waals surface area contributed by atoms with E-state index in [4.69, 9.17) is 9.47 Å². The zero-order valence-electron chi connectivity index (χ0n) is 13.7. The van der Waals surface area contributed by atoms with Crippen LogP contribution < -0.4 is 4.74 Å². The Bertz CT molecular complexity index is 939. The molecule has 0 unspecified atom stereocenters. The molecule has 0 fully saturated rings. The first-order chi connectivity index (χ1) is 12.0. The minimum absolute atomic E-state index is 0.0274. The normalized spacial score (nSPS) is 11.0. The molecule has 0 aliphatic heterocycles. The number of fused-ring (bicyclic) bond motifs is 1. The Morgan fingerprint density at radius 2 is 2.04 bits per heavy atom. The summed E-state index contributed by atoms with van der Waals surface area (Å²) in [6.07, 6.45) is 0. The van der Waals surface area contributed by atoms with Crippen LogP contribution in [-0.4, -0.2) is 35.0 Å². The number of ether oxygens (including phenoxy) is 2. The van der Waals surface area contributed by atoms with Crippen molar-refractivity contribution >= 4 is 16.6 Å². The second-order valence-corrected chi connectivity index (χ2v) is 5.42. The highest BCUT2D eigenvalue weighted by molar-refractivity contribution is 5.94. The fourth-order valence-corrected chi connectivity index (χ4v) is 2.58. The van der Waals surface area contributed by atoms with Crippen LogP contribution in [-0.2, 0) is 11.8 Å². The molecule has 8 heteroatoms. The highest BCUT2D eigenvalue weighted by Gasteiger charge is 2.16. The maximum Gasteiger partial charge on any atom is 0.270 e. The van der Waals surface area contributed by atoms with Gasteiger partial charge in [-0.3, -0.25) is 14.8 Å². The number of aromatic nitrogens is 2. The SMILES string of the molecule is COCCOc1cc(-c2nn(C)c3ccc([N+](=O)[O-])cc23)ccc1F. The number of aryl methyl sites for hydroxylation is 1. The first kappa shape index (κ1) is 16.8. The van der Waals surface area contributed by atoms with E-state index >= 15 is 0 Å². The van der Waals surface area contributed by atoms with Crippen molar-refractivity contribution in [3.8, 4) is 17.0 Å². The van der Waals surface area contributed by atoms with Gasteiger partial charge in [-0.1, -0.05) is 0 Å². The maximum absolute atomic E-state index is 13.9. The molecule has 1 aromatic heterocycles. The molecule has 0 aliphatic rings. The van der Waals surface area contributed by atoms with Gasteiger partial charge in [0.2, 0.25) is 0 Å². The molecule has 0 N–H and O–H groups in total. The Morgan fingerprint density at radius 3 is 2.76 bits per heavy atom. The highest BCUT2D eigenvalue weighted by Crippen LogP contribution is 2.33. The molecule has 130 valence electrons. The van der Waals surface area contributed by atoms with Crippen molar-refractivity contribution in [2.75, 3.05) is 20.3 Å². The van der Waals surface area contributed by atoms with Gasteiger partial charge in [-0.2, -0.15) is 5.10 Å². The smallest absolute Gasteiger partial charge is 0.270 e. The van der Waals surface area contributed by atoms with Gasteiger partial charge in [0.25, 0.3) is 5.69 Å². The first-order valence-electron chi connectivity index (χ1n) is 7.54. The van der Waals surface area contributed by atoms with Crippen LogP contribution in [0.2, 0.25) is 0 Å². The lowest BCUT2D eigenvalue weighted by atomic mass is 10.1. The molecule has 7 nitrogen and oxygen atoms in total. The van der Waals surface area contributed by atoms with Crippen LogP contribution in [0.3, 0.4) is 0 Å². The predicted molar refractivity (Wildman–Crippen MR) is 90.1 cm³/mol. The summed E-state index contributed by atoms with van der Waals surface area (Å²) in [5, 5.41) is 16.1. The summed E-state index contributed by atoms with van der Waals surface area (Å²) in [5.41, 5.74) is 1.85. The third-order valence-electron chi connectivity index (χ3n) is 3.79. The maximum atomic E-state index is 13.9. The Morgan fingerprint density at radius 1 is 1.24 bits per heavy atom. The molecule has 0 atom stereocenters. The number of rotatable bonds is 6. The number of hydrogen-bond acceptors (Lipinski definition) is 5. The quantitative estimate of drug-likeness (QED) is 0.389. The summed E-state index contributed by atoms with van der Waals surface area (Å²) in [6, 6.07) is 8.92. The summed E-state index contributed by atoms with van der Waals surface area (Å²) in [4.78, 5) is 10.6. The fraction of sp³-hybridized carbons (Fsp3) is 0.235. The Balaban J connectivity index is 2.08. The number of methoxy groups -OCH3 is 1. The van der Waals surface area contributed by atoms with Crippen LogP contribution in [0.5, 0.6) is 5.75 Å². The fourth-order valence-electron chi connectivity index (χ4n) is 2.58. The summed E-state index contributed by atoms with van der Waals surface area (Å²) in [6.45, 7) is 0.549. The van der Waals surface area contributed by atoms with Gasteiger partial charge in [0.1, 0.15) is 12.3 Å². The highest BCUT2D eigenvalue weighted by atomic mass is 19.1. The molecule has 3 rings (SSSR count). The van der Waals surface area contributed by atoms with Crippen LogP contribution in [0, 0.1) is 15.9 Å². The number of benzene rings is 2. The largest absolute Gasteiger partial charge is 0.488 e. The summed E-state index contributed by atoms with van der Waals surface area (Å²) in [5.74, 6) is -0.412. The molecule has 2 aromatic carbocycles. The third-order valence-corrected chi connectivity index (χ3v) is 3.79. The summed E-state index contributed by atoms with van der Waals surface area (Å²) >= 11 is 0. The van der Waals surface area contributed by atoms with Crippen LogP contribution in [0.4, 0.5) is 10.1 Å². The first-order valence-corrected chi connectivity index (χ1v) is 7.54. The van der Waals surface area contributed by atoms with Gasteiger partial charge in [0, 0.05) is 37.2 Å². The lowest BCUT2D eigenvalue weighted by Gasteiger charge is -2.08. The zero-order valence-corrected chi connectivity index (χ0v) is 13.7. The number of nitro groups is 1. The van der Waals surface area contributed by atoms with E-state index in [0.29, 0.717) is 23.3 Å². The van der Waals surface area contributed by atoms with Gasteiger partial charge in [-0.15, -0.1) is 0 Å². The van der Waals surface area contributed by atoms with Crippen molar-refractivity contribution in [3.63, 3.8) is 0 Å². The van der Waals surface area contributed by atoms with Crippen molar-refractivity contribution in [2.24, 2.45) is 7.05 Å². The Labute approximate surface area is 142 Å². The standard InChI is InChI=1S/C17H16FN3O4/c1-20-15-6-4-12(21(22)23)10-13(15)17(19-20)11-3-5-14(18)16(9-11)25-8-7-24-2/h3-6,9-10H,7-8H2,1-2H3. The van der Waals surface area contributed by atoms with Crippen molar-refractivity contribution < 1.29 is 18.8 Å². The lowest BCUT2D eigenvalue weighted by molar-refractivity contribution is -0.384. The van der Waals surface area contributed by atoms with E-state index in [1.807, 2.05) is 0 Å². The number of nitro benzene ring substituents is 1. The number of hydrogen-bond donors (Lipinski definition) is 0. The van der Waals surface area contributed by atoms with Crippen molar-refractivity contribution in [2.45, 2.75) is 0 Å². The molecular formula is C17H16FN3O4. The molecular weight excluding hydrogens is 329 g/mol. The molecule has 0 bridgehead atoms. The Hall–Kier alpha value is -3.00. The molecule has 0 radical (unpaired) electrons. The number of nitrogens with zero attached hydrogens (tertiary/aromatic N) is 3. The van der Waals surface area contributed by atoms with E-state index in [0.717, 1.165) is 5.52 Å². The van der Waals surface area contributed by atoms with Crippen LogP contribution in [0.1, 0.15) is 0 Å². The third kappa shape index (κ3) is 3.29. The van der Waals surface area contributed by atoms with E-state index in [1.54, 1.807) is 23.9 Å². The average Bonchev–Trinajstić information content (AvgIpc) is 2.93. The molecule has 1 heterocycles. The number of non-ortho nitro benzene ring substituents is 1. The lowest BCUT2D eigenvalue weighted by Crippen LogP contribution is -2.05. The molecule has 0 saturated carbocycles. The minimum atomic E-state index is -0.494. The average molecular weight is 345 g/mol. The van der Waals surface area contributed by atoms with Crippen molar-refractivity contribution in [1.29, 1.82) is 0 Å². The molecule has 0 aliphatic carbocycles.